The maximum Gasteiger partial charge on any atom is 0.0547 e. The fourth-order valence-electron chi connectivity index (χ4n) is 7.45. The maximum absolute atomic E-state index is 2.43. The van der Waals surface area contributed by atoms with Crippen LogP contribution < -0.4 is 4.90 Å². The van der Waals surface area contributed by atoms with Gasteiger partial charge in [-0.2, -0.15) is 0 Å². The zero-order valence-electron chi connectivity index (χ0n) is 26.5. The summed E-state index contributed by atoms with van der Waals surface area (Å²) >= 11 is 3.80. The Morgan fingerprint density at radius 1 is 0.347 bits per heavy atom. The lowest BCUT2D eigenvalue weighted by molar-refractivity contribution is 1.30. The highest BCUT2D eigenvalue weighted by Crippen LogP contribution is 2.48. The number of nitrogens with zero attached hydrogens (tertiary/aromatic N) is 1. The van der Waals surface area contributed by atoms with Crippen LogP contribution in [-0.4, -0.2) is 0 Å². The molecule has 0 N–H and O–H groups in total. The van der Waals surface area contributed by atoms with Crippen LogP contribution in [0.1, 0.15) is 0 Å². The van der Waals surface area contributed by atoms with Crippen LogP contribution in [0, 0.1) is 0 Å². The monoisotopic (exact) mass is 659 g/mol. The molecule has 0 radical (unpaired) electrons. The summed E-state index contributed by atoms with van der Waals surface area (Å²) in [5.41, 5.74) is 8.56. The van der Waals surface area contributed by atoms with Gasteiger partial charge in [0.15, 0.2) is 0 Å². The van der Waals surface area contributed by atoms with Crippen molar-refractivity contribution in [2.75, 3.05) is 4.90 Å². The smallest absolute Gasteiger partial charge is 0.0547 e. The van der Waals surface area contributed by atoms with Gasteiger partial charge in [-0.15, -0.1) is 22.7 Å². The standard InChI is InChI=1S/C46H29NS2/c1-4-14-30(15-5-1)34-22-13-25-43-44(34)38-24-12-23-35(45(38)49-43)31-26-27-42-39(28-31)40-29-41(36-20-10-11-21-37(36)46(40)48-42)47(32-16-6-2-7-17-32)33-18-8-3-9-19-33/h1-29H. The van der Waals surface area contributed by atoms with E-state index in [9.17, 15) is 0 Å². The van der Waals surface area contributed by atoms with Crippen LogP contribution in [0.4, 0.5) is 17.1 Å². The largest absolute Gasteiger partial charge is 0.310 e. The molecule has 0 aliphatic carbocycles. The first-order chi connectivity index (χ1) is 24.3. The van der Waals surface area contributed by atoms with E-state index >= 15 is 0 Å². The summed E-state index contributed by atoms with van der Waals surface area (Å²) in [5.74, 6) is 0. The van der Waals surface area contributed by atoms with Crippen LogP contribution in [0.25, 0.3) is 73.4 Å². The Morgan fingerprint density at radius 3 is 1.71 bits per heavy atom. The van der Waals surface area contributed by atoms with E-state index in [0.717, 1.165) is 11.4 Å². The molecule has 0 bridgehead atoms. The zero-order chi connectivity index (χ0) is 32.3. The molecule has 10 rings (SSSR count). The number of anilines is 3. The second-order valence-electron chi connectivity index (χ2n) is 12.5. The van der Waals surface area contributed by atoms with E-state index < -0.39 is 0 Å². The van der Waals surface area contributed by atoms with Crippen molar-refractivity contribution in [2.45, 2.75) is 0 Å². The maximum atomic E-state index is 2.43. The summed E-state index contributed by atoms with van der Waals surface area (Å²) in [6, 6.07) is 64.1. The Kier molecular flexibility index (Phi) is 6.61. The van der Waals surface area contributed by atoms with Crippen LogP contribution in [-0.2, 0) is 0 Å². The molecule has 2 aromatic heterocycles. The SMILES string of the molecule is c1ccc(-c2cccc3sc4c(-c5ccc6sc7c8ccccc8c(N(c8ccccc8)c8ccccc8)cc7c6c5)cccc4c23)cc1. The van der Waals surface area contributed by atoms with E-state index in [4.69, 9.17) is 0 Å². The Balaban J connectivity index is 1.21. The van der Waals surface area contributed by atoms with Gasteiger partial charge < -0.3 is 4.90 Å². The summed E-state index contributed by atoms with van der Waals surface area (Å²) in [4.78, 5) is 2.40. The number of benzene rings is 8. The second-order valence-corrected chi connectivity index (χ2v) is 14.6. The first-order valence-corrected chi connectivity index (χ1v) is 18.2. The summed E-state index contributed by atoms with van der Waals surface area (Å²) in [6.07, 6.45) is 0. The quantitative estimate of drug-likeness (QED) is 0.178. The fourth-order valence-corrected chi connectivity index (χ4v) is 9.91. The summed E-state index contributed by atoms with van der Waals surface area (Å²) in [6.45, 7) is 0. The third kappa shape index (κ3) is 4.58. The lowest BCUT2D eigenvalue weighted by atomic mass is 9.96. The van der Waals surface area contributed by atoms with Gasteiger partial charge in [-0.3, -0.25) is 0 Å². The molecule has 0 saturated heterocycles. The average Bonchev–Trinajstić information content (AvgIpc) is 3.75. The highest BCUT2D eigenvalue weighted by Gasteiger charge is 2.20. The van der Waals surface area contributed by atoms with Crippen molar-refractivity contribution < 1.29 is 0 Å². The minimum absolute atomic E-state index is 1.14. The van der Waals surface area contributed by atoms with Crippen molar-refractivity contribution >= 4 is 90.9 Å². The molecule has 0 aliphatic rings. The molecule has 0 aliphatic heterocycles. The van der Waals surface area contributed by atoms with Gasteiger partial charge in [0.05, 0.1) is 5.69 Å². The van der Waals surface area contributed by atoms with E-state index in [1.807, 2.05) is 22.7 Å². The number of thiophene rings is 2. The minimum Gasteiger partial charge on any atom is -0.310 e. The van der Waals surface area contributed by atoms with E-state index in [-0.39, 0.29) is 0 Å². The molecule has 1 nitrogen and oxygen atoms in total. The molecule has 0 spiro atoms. The van der Waals surface area contributed by atoms with Crippen LogP contribution >= 0.6 is 22.7 Å². The fraction of sp³-hybridized carbons (Fsp3) is 0. The molecule has 10 aromatic rings. The number of hydrogen-bond acceptors (Lipinski definition) is 3. The predicted octanol–water partition coefficient (Wildman–Crippen LogP) is 14.4. The van der Waals surface area contributed by atoms with Gasteiger partial charge in [-0.05, 0) is 70.8 Å². The highest BCUT2D eigenvalue weighted by molar-refractivity contribution is 7.27. The summed E-state index contributed by atoms with van der Waals surface area (Å²) < 4.78 is 5.30. The van der Waals surface area contributed by atoms with Crippen LogP contribution in [0.15, 0.2) is 176 Å². The molecule has 8 aromatic carbocycles. The van der Waals surface area contributed by atoms with Crippen LogP contribution in [0.3, 0.4) is 0 Å². The third-order valence-electron chi connectivity index (χ3n) is 9.64. The van der Waals surface area contributed by atoms with Crippen molar-refractivity contribution in [1.82, 2.24) is 0 Å². The minimum atomic E-state index is 1.14. The first kappa shape index (κ1) is 28.3. The normalized spacial score (nSPS) is 11.7. The molecule has 0 unspecified atom stereocenters. The second kappa shape index (κ2) is 11.5. The Hall–Kier alpha value is -5.74. The molecule has 0 fully saturated rings. The van der Waals surface area contributed by atoms with Crippen molar-refractivity contribution in [1.29, 1.82) is 0 Å². The van der Waals surface area contributed by atoms with Crippen molar-refractivity contribution in [3.63, 3.8) is 0 Å². The predicted molar refractivity (Wildman–Crippen MR) is 215 cm³/mol. The van der Waals surface area contributed by atoms with Gasteiger partial charge >= 0.3 is 0 Å². The lowest BCUT2D eigenvalue weighted by Gasteiger charge is -2.27. The molecule has 49 heavy (non-hydrogen) atoms. The topological polar surface area (TPSA) is 3.24 Å². The van der Waals surface area contributed by atoms with E-state index in [1.165, 1.54) is 79.1 Å². The molecule has 3 heteroatoms. The Bertz CT molecular complexity index is 2770. The van der Waals surface area contributed by atoms with E-state index in [1.54, 1.807) is 0 Å². The molecular formula is C46H29NS2. The van der Waals surface area contributed by atoms with Gasteiger partial charge in [0.1, 0.15) is 0 Å². The lowest BCUT2D eigenvalue weighted by Crippen LogP contribution is -2.10. The van der Waals surface area contributed by atoms with Gasteiger partial charge in [0.25, 0.3) is 0 Å². The molecule has 0 atom stereocenters. The van der Waals surface area contributed by atoms with Gasteiger partial charge in [-0.1, -0.05) is 127 Å². The zero-order valence-corrected chi connectivity index (χ0v) is 28.1. The molecule has 0 saturated carbocycles. The number of rotatable bonds is 5. The molecule has 0 amide bonds. The van der Waals surface area contributed by atoms with E-state index in [2.05, 4.69) is 181 Å². The summed E-state index contributed by atoms with van der Waals surface area (Å²) in [5, 5.41) is 7.79. The van der Waals surface area contributed by atoms with Crippen molar-refractivity contribution in [3.8, 4) is 22.3 Å². The van der Waals surface area contributed by atoms with E-state index in [0.29, 0.717) is 0 Å². The number of fused-ring (bicyclic) bond motifs is 8. The number of para-hydroxylation sites is 2. The first-order valence-electron chi connectivity index (χ1n) is 16.6. The highest BCUT2D eigenvalue weighted by atomic mass is 32.1. The Morgan fingerprint density at radius 2 is 0.959 bits per heavy atom. The van der Waals surface area contributed by atoms with Crippen molar-refractivity contribution in [3.05, 3.63) is 176 Å². The molecule has 230 valence electrons. The molecular weight excluding hydrogens is 631 g/mol. The summed E-state index contributed by atoms with van der Waals surface area (Å²) in [7, 11) is 0. The van der Waals surface area contributed by atoms with Crippen LogP contribution in [0.2, 0.25) is 0 Å². The van der Waals surface area contributed by atoms with Gasteiger partial charge in [0.2, 0.25) is 0 Å². The van der Waals surface area contributed by atoms with Crippen molar-refractivity contribution in [2.24, 2.45) is 0 Å². The van der Waals surface area contributed by atoms with Crippen LogP contribution in [0.5, 0.6) is 0 Å². The number of hydrogen-bond donors (Lipinski definition) is 0. The van der Waals surface area contributed by atoms with Gasteiger partial charge in [-0.25, -0.2) is 0 Å². The third-order valence-corrected chi connectivity index (χ3v) is 12.1. The molecule has 2 heterocycles. The van der Waals surface area contributed by atoms with Gasteiger partial charge in [0, 0.05) is 62.5 Å². The average molecular weight is 660 g/mol. The Labute approximate surface area is 292 Å².